The second-order valence-electron chi connectivity index (χ2n) is 7.21. The number of aryl methyl sites for hydroxylation is 2. The number of hydrogen-bond donors (Lipinski definition) is 2. The molecular formula is C19H23NO4. The van der Waals surface area contributed by atoms with Gasteiger partial charge in [0.15, 0.2) is 0 Å². The molecule has 1 fully saturated rings. The highest BCUT2D eigenvalue weighted by atomic mass is 16.6. The average molecular weight is 329 g/mol. The standard InChI is InChI=1S/C19H23NO4/c21-18(22)17(11-4-1-5-11)24-19(23)20-16-14-8-2-6-12(14)10-13-7-3-9-15(13)16/h10-11,17H,1-9H2,(H,20,23)(H,21,22). The van der Waals surface area contributed by atoms with E-state index in [1.54, 1.807) is 0 Å². The molecule has 128 valence electrons. The van der Waals surface area contributed by atoms with E-state index in [0.29, 0.717) is 0 Å². The fraction of sp³-hybridized carbons (Fsp3) is 0.579. The predicted molar refractivity (Wildman–Crippen MR) is 89.4 cm³/mol. The Hall–Kier alpha value is -2.04. The number of carboxylic acids is 1. The fourth-order valence-corrected chi connectivity index (χ4v) is 4.30. The van der Waals surface area contributed by atoms with Crippen LogP contribution in [0, 0.1) is 5.92 Å². The third-order valence-electron chi connectivity index (χ3n) is 5.76. The van der Waals surface area contributed by atoms with Crippen LogP contribution in [0.3, 0.4) is 0 Å². The highest BCUT2D eigenvalue weighted by Crippen LogP contribution is 2.39. The normalized spacial score (nSPS) is 20.0. The largest absolute Gasteiger partial charge is 0.478 e. The minimum absolute atomic E-state index is 0.0412. The molecule has 1 amide bonds. The smallest absolute Gasteiger partial charge is 0.412 e. The molecule has 1 aromatic rings. The third-order valence-corrected chi connectivity index (χ3v) is 5.76. The molecule has 1 atom stereocenters. The number of benzene rings is 1. The summed E-state index contributed by atoms with van der Waals surface area (Å²) in [7, 11) is 0. The van der Waals surface area contributed by atoms with E-state index in [1.807, 2.05) is 0 Å². The van der Waals surface area contributed by atoms with Crippen molar-refractivity contribution in [2.45, 2.75) is 63.9 Å². The fourth-order valence-electron chi connectivity index (χ4n) is 4.30. The number of amides is 1. The van der Waals surface area contributed by atoms with E-state index in [-0.39, 0.29) is 5.92 Å². The summed E-state index contributed by atoms with van der Waals surface area (Å²) < 4.78 is 5.29. The monoisotopic (exact) mass is 329 g/mol. The van der Waals surface area contributed by atoms with E-state index in [9.17, 15) is 14.7 Å². The van der Waals surface area contributed by atoms with Crippen molar-refractivity contribution in [2.75, 3.05) is 5.32 Å². The number of rotatable bonds is 4. The van der Waals surface area contributed by atoms with E-state index >= 15 is 0 Å². The number of hydrogen-bond acceptors (Lipinski definition) is 3. The summed E-state index contributed by atoms with van der Waals surface area (Å²) in [6.45, 7) is 0. The number of nitrogens with one attached hydrogen (secondary N) is 1. The Bertz CT molecular complexity index is 661. The molecule has 4 rings (SSSR count). The van der Waals surface area contributed by atoms with E-state index in [1.165, 1.54) is 22.3 Å². The van der Waals surface area contributed by atoms with Crippen LogP contribution in [0.25, 0.3) is 0 Å². The van der Waals surface area contributed by atoms with E-state index in [4.69, 9.17) is 4.74 Å². The van der Waals surface area contributed by atoms with E-state index < -0.39 is 18.2 Å². The highest BCUT2D eigenvalue weighted by molar-refractivity contribution is 5.90. The maximum Gasteiger partial charge on any atom is 0.412 e. The summed E-state index contributed by atoms with van der Waals surface area (Å²) >= 11 is 0. The van der Waals surface area contributed by atoms with E-state index in [0.717, 1.165) is 63.5 Å². The summed E-state index contributed by atoms with van der Waals surface area (Å²) in [4.78, 5) is 23.8. The molecule has 5 nitrogen and oxygen atoms in total. The first-order chi connectivity index (χ1) is 11.6. The molecule has 2 N–H and O–H groups in total. The lowest BCUT2D eigenvalue weighted by atomic mass is 9.81. The lowest BCUT2D eigenvalue weighted by Gasteiger charge is -2.30. The van der Waals surface area contributed by atoms with Crippen LogP contribution in [0.15, 0.2) is 6.07 Å². The van der Waals surface area contributed by atoms with Gasteiger partial charge in [0, 0.05) is 5.92 Å². The van der Waals surface area contributed by atoms with Crippen molar-refractivity contribution >= 4 is 17.7 Å². The Labute approximate surface area is 141 Å². The Morgan fingerprint density at radius 3 is 2.17 bits per heavy atom. The Kier molecular flexibility index (Phi) is 3.94. The molecule has 24 heavy (non-hydrogen) atoms. The summed E-state index contributed by atoms with van der Waals surface area (Å²) in [6, 6.07) is 2.30. The second-order valence-corrected chi connectivity index (χ2v) is 7.21. The molecule has 1 aromatic carbocycles. The maximum atomic E-state index is 12.4. The first-order valence-electron chi connectivity index (χ1n) is 9.00. The van der Waals surface area contributed by atoms with Gasteiger partial charge >= 0.3 is 12.1 Å². The molecule has 1 unspecified atom stereocenters. The predicted octanol–water partition coefficient (Wildman–Crippen LogP) is 3.47. The zero-order valence-corrected chi connectivity index (χ0v) is 13.8. The van der Waals surface area contributed by atoms with Gasteiger partial charge in [-0.25, -0.2) is 9.59 Å². The molecule has 1 saturated carbocycles. The molecule has 5 heteroatoms. The lowest BCUT2D eigenvalue weighted by Crippen LogP contribution is -2.39. The van der Waals surface area contributed by atoms with Gasteiger partial charge in [-0.3, -0.25) is 5.32 Å². The maximum absolute atomic E-state index is 12.4. The Morgan fingerprint density at radius 2 is 1.67 bits per heavy atom. The molecule has 0 saturated heterocycles. The summed E-state index contributed by atoms with van der Waals surface area (Å²) in [6.07, 6.45) is 7.31. The number of carbonyl (C=O) groups is 2. The number of fused-ring (bicyclic) bond motifs is 2. The van der Waals surface area contributed by atoms with Crippen LogP contribution in [0.4, 0.5) is 10.5 Å². The molecule has 0 radical (unpaired) electrons. The van der Waals surface area contributed by atoms with Crippen molar-refractivity contribution in [3.63, 3.8) is 0 Å². The molecule has 3 aliphatic carbocycles. The molecule has 0 heterocycles. The van der Waals surface area contributed by atoms with Crippen molar-refractivity contribution in [1.29, 1.82) is 0 Å². The lowest BCUT2D eigenvalue weighted by molar-refractivity contribution is -0.151. The van der Waals surface area contributed by atoms with Gasteiger partial charge in [0.1, 0.15) is 0 Å². The van der Waals surface area contributed by atoms with Crippen LogP contribution in [-0.2, 0) is 35.2 Å². The minimum Gasteiger partial charge on any atom is -0.478 e. The van der Waals surface area contributed by atoms with Crippen molar-refractivity contribution in [3.8, 4) is 0 Å². The van der Waals surface area contributed by atoms with Crippen molar-refractivity contribution in [2.24, 2.45) is 5.92 Å². The minimum atomic E-state index is -1.04. The van der Waals surface area contributed by atoms with Gasteiger partial charge in [0.25, 0.3) is 0 Å². The first-order valence-corrected chi connectivity index (χ1v) is 9.00. The van der Waals surface area contributed by atoms with Crippen molar-refractivity contribution in [1.82, 2.24) is 0 Å². The zero-order valence-electron chi connectivity index (χ0n) is 13.8. The van der Waals surface area contributed by atoms with Gasteiger partial charge in [0.2, 0.25) is 6.10 Å². The van der Waals surface area contributed by atoms with Crippen LogP contribution >= 0.6 is 0 Å². The topological polar surface area (TPSA) is 75.6 Å². The third kappa shape index (κ3) is 2.66. The van der Waals surface area contributed by atoms with Gasteiger partial charge in [-0.15, -0.1) is 0 Å². The summed E-state index contributed by atoms with van der Waals surface area (Å²) in [5, 5.41) is 12.2. The SMILES string of the molecule is O=C(Nc1c2c(cc3c1CCC3)CCC2)OC(C(=O)O)C1CCC1. The van der Waals surface area contributed by atoms with Crippen LogP contribution < -0.4 is 5.32 Å². The first kappa shape index (κ1) is 15.5. The molecule has 0 spiro atoms. The number of carbonyl (C=O) groups excluding carboxylic acids is 1. The number of carboxylic acid groups (broad SMARTS) is 1. The van der Waals surface area contributed by atoms with Crippen LogP contribution in [0.5, 0.6) is 0 Å². The van der Waals surface area contributed by atoms with Gasteiger partial charge in [-0.2, -0.15) is 0 Å². The molecule has 0 bridgehead atoms. The van der Waals surface area contributed by atoms with Gasteiger partial charge < -0.3 is 9.84 Å². The summed E-state index contributed by atoms with van der Waals surface area (Å²) in [5.74, 6) is -1.08. The van der Waals surface area contributed by atoms with Crippen LogP contribution in [0.2, 0.25) is 0 Å². The molecule has 0 aliphatic heterocycles. The second kappa shape index (κ2) is 6.11. The Morgan fingerprint density at radius 1 is 1.04 bits per heavy atom. The summed E-state index contributed by atoms with van der Waals surface area (Å²) in [5.41, 5.74) is 6.02. The average Bonchev–Trinajstić information content (AvgIpc) is 3.12. The van der Waals surface area contributed by atoms with Gasteiger partial charge in [0.05, 0.1) is 5.69 Å². The molecule has 3 aliphatic rings. The van der Waals surface area contributed by atoms with Gasteiger partial charge in [-0.05, 0) is 73.6 Å². The zero-order chi connectivity index (χ0) is 16.7. The van der Waals surface area contributed by atoms with Crippen LogP contribution in [-0.4, -0.2) is 23.3 Å². The van der Waals surface area contributed by atoms with Crippen LogP contribution in [0.1, 0.15) is 54.4 Å². The molecular weight excluding hydrogens is 306 g/mol. The number of anilines is 1. The van der Waals surface area contributed by atoms with Crippen molar-refractivity contribution in [3.05, 3.63) is 28.3 Å². The van der Waals surface area contributed by atoms with Crippen molar-refractivity contribution < 1.29 is 19.4 Å². The molecule has 0 aromatic heterocycles. The quantitative estimate of drug-likeness (QED) is 0.887. The highest BCUT2D eigenvalue weighted by Gasteiger charge is 2.36. The number of aliphatic carboxylic acids is 1. The van der Waals surface area contributed by atoms with Gasteiger partial charge in [-0.1, -0.05) is 12.5 Å². The van der Waals surface area contributed by atoms with E-state index in [2.05, 4.69) is 11.4 Å². The number of ether oxygens (including phenoxy) is 1. The Balaban J connectivity index is 1.55.